The third kappa shape index (κ3) is 4.50. The van der Waals surface area contributed by atoms with Gasteiger partial charge in [0.05, 0.1) is 23.3 Å². The summed E-state index contributed by atoms with van der Waals surface area (Å²) in [6.07, 6.45) is 2.63. The van der Waals surface area contributed by atoms with Gasteiger partial charge in [-0.15, -0.1) is 0 Å². The second-order valence-corrected chi connectivity index (χ2v) is 7.67. The highest BCUT2D eigenvalue weighted by Crippen LogP contribution is 2.33. The molecule has 0 radical (unpaired) electrons. The Balaban J connectivity index is 1.61. The van der Waals surface area contributed by atoms with Gasteiger partial charge in [0.1, 0.15) is 0 Å². The summed E-state index contributed by atoms with van der Waals surface area (Å²) < 4.78 is 0. The van der Waals surface area contributed by atoms with Crippen LogP contribution in [0.1, 0.15) is 36.8 Å². The lowest BCUT2D eigenvalue weighted by Crippen LogP contribution is -2.39. The second-order valence-electron chi connectivity index (χ2n) is 7.67. The van der Waals surface area contributed by atoms with Gasteiger partial charge in [0.15, 0.2) is 0 Å². The summed E-state index contributed by atoms with van der Waals surface area (Å²) >= 11 is 0. The van der Waals surface area contributed by atoms with Crippen molar-refractivity contribution < 1.29 is 9.59 Å². The molecule has 2 aromatic carbocycles. The van der Waals surface area contributed by atoms with E-state index < -0.39 is 0 Å². The number of carbonyl (C=O) groups excluding carboxylic acids is 2. The van der Waals surface area contributed by atoms with Gasteiger partial charge < -0.3 is 9.80 Å². The molecule has 0 spiro atoms. The molecule has 152 valence electrons. The van der Waals surface area contributed by atoms with E-state index in [1.807, 2.05) is 12.1 Å². The second kappa shape index (κ2) is 9.24. The summed E-state index contributed by atoms with van der Waals surface area (Å²) in [4.78, 5) is 29.0. The van der Waals surface area contributed by atoms with Crippen LogP contribution >= 0.6 is 0 Å². The Labute approximate surface area is 176 Å². The number of hydrogen-bond donors (Lipinski definition) is 0. The van der Waals surface area contributed by atoms with Crippen molar-refractivity contribution in [3.63, 3.8) is 0 Å². The van der Waals surface area contributed by atoms with E-state index >= 15 is 0 Å². The lowest BCUT2D eigenvalue weighted by Gasteiger charge is -2.32. The molecule has 0 bridgehead atoms. The Kier molecular flexibility index (Phi) is 6.49. The first-order chi connectivity index (χ1) is 14.4. The van der Waals surface area contributed by atoms with E-state index in [1.54, 1.807) is 60.3 Å². The molecule has 2 amide bonds. The molecule has 0 heterocycles. The highest BCUT2D eigenvalue weighted by Gasteiger charge is 2.33. The van der Waals surface area contributed by atoms with Crippen molar-refractivity contribution in [1.29, 1.82) is 10.5 Å². The standard InChI is InChI=1S/C24H24N4O2/c1-27(21-7-3-5-17(13-21)15-25)23(29)19-9-11-20(12-10-19)24(30)28(2)22-8-4-6-18(14-22)16-26/h3-8,13-14,19-20H,9-12H2,1-2H3. The number of benzene rings is 2. The molecule has 0 saturated heterocycles. The molecule has 0 N–H and O–H groups in total. The van der Waals surface area contributed by atoms with Gasteiger partial charge in [-0.1, -0.05) is 12.1 Å². The van der Waals surface area contributed by atoms with E-state index in [-0.39, 0.29) is 23.7 Å². The van der Waals surface area contributed by atoms with Gasteiger partial charge >= 0.3 is 0 Å². The van der Waals surface area contributed by atoms with Crippen molar-refractivity contribution in [2.24, 2.45) is 11.8 Å². The van der Waals surface area contributed by atoms with Crippen molar-refractivity contribution >= 4 is 23.2 Å². The van der Waals surface area contributed by atoms with E-state index in [0.29, 0.717) is 48.2 Å². The van der Waals surface area contributed by atoms with Crippen LogP contribution in [-0.2, 0) is 9.59 Å². The van der Waals surface area contributed by atoms with E-state index in [4.69, 9.17) is 10.5 Å². The molecule has 3 rings (SSSR count). The average Bonchev–Trinajstić information content (AvgIpc) is 2.82. The Morgan fingerprint density at radius 3 is 1.47 bits per heavy atom. The van der Waals surface area contributed by atoms with E-state index in [9.17, 15) is 9.59 Å². The molecule has 1 fully saturated rings. The number of carbonyl (C=O) groups is 2. The molecule has 1 aliphatic carbocycles. The summed E-state index contributed by atoms with van der Waals surface area (Å²) in [5.74, 6) is -0.217. The molecule has 1 aliphatic rings. The lowest BCUT2D eigenvalue weighted by molar-refractivity contribution is -0.127. The van der Waals surface area contributed by atoms with Crippen LogP contribution in [-0.4, -0.2) is 25.9 Å². The number of anilines is 2. The quantitative estimate of drug-likeness (QED) is 0.779. The van der Waals surface area contributed by atoms with Crippen LogP contribution in [0.3, 0.4) is 0 Å². The average molecular weight is 400 g/mol. The third-order valence-electron chi connectivity index (χ3n) is 5.81. The van der Waals surface area contributed by atoms with Gasteiger partial charge in [-0.25, -0.2) is 0 Å². The van der Waals surface area contributed by atoms with Gasteiger partial charge in [0, 0.05) is 37.3 Å². The minimum Gasteiger partial charge on any atom is -0.315 e. The molecular formula is C24H24N4O2. The first-order valence-corrected chi connectivity index (χ1v) is 10.00. The smallest absolute Gasteiger partial charge is 0.229 e. The number of hydrogen-bond acceptors (Lipinski definition) is 4. The zero-order chi connectivity index (χ0) is 21.7. The highest BCUT2D eigenvalue weighted by molar-refractivity contribution is 5.96. The molecule has 2 aromatic rings. The summed E-state index contributed by atoms with van der Waals surface area (Å²) in [6, 6.07) is 18.2. The monoisotopic (exact) mass is 400 g/mol. The van der Waals surface area contributed by atoms with Crippen molar-refractivity contribution in [2.75, 3.05) is 23.9 Å². The molecule has 30 heavy (non-hydrogen) atoms. The first-order valence-electron chi connectivity index (χ1n) is 10.00. The predicted octanol–water partition coefficient (Wildman–Crippen LogP) is 3.86. The Morgan fingerprint density at radius 2 is 1.13 bits per heavy atom. The summed E-state index contributed by atoms with van der Waals surface area (Å²) in [6.45, 7) is 0. The van der Waals surface area contributed by atoms with Crippen molar-refractivity contribution in [3.05, 3.63) is 59.7 Å². The largest absolute Gasteiger partial charge is 0.315 e. The van der Waals surface area contributed by atoms with Crippen LogP contribution in [0, 0.1) is 34.5 Å². The fourth-order valence-corrected chi connectivity index (χ4v) is 3.96. The van der Waals surface area contributed by atoms with Gasteiger partial charge in [-0.3, -0.25) is 9.59 Å². The Bertz CT molecular complexity index is 942. The van der Waals surface area contributed by atoms with Crippen LogP contribution < -0.4 is 9.80 Å². The van der Waals surface area contributed by atoms with Crippen molar-refractivity contribution in [1.82, 2.24) is 0 Å². The lowest BCUT2D eigenvalue weighted by atomic mass is 9.80. The van der Waals surface area contributed by atoms with Crippen LogP contribution in [0.25, 0.3) is 0 Å². The maximum absolute atomic E-state index is 12.9. The zero-order valence-electron chi connectivity index (χ0n) is 17.2. The third-order valence-corrected chi connectivity index (χ3v) is 5.81. The Hall–Kier alpha value is -3.64. The normalized spacial score (nSPS) is 18.0. The number of nitrogens with zero attached hydrogens (tertiary/aromatic N) is 4. The minimum absolute atomic E-state index is 0.0195. The van der Waals surface area contributed by atoms with Crippen molar-refractivity contribution in [3.8, 4) is 12.1 Å². The SMILES string of the molecule is CN(C(=O)C1CCC(C(=O)N(C)c2cccc(C#N)c2)CC1)c1cccc(C#N)c1. The van der Waals surface area contributed by atoms with Crippen LogP contribution in [0.15, 0.2) is 48.5 Å². The number of amides is 2. The fourth-order valence-electron chi connectivity index (χ4n) is 3.96. The van der Waals surface area contributed by atoms with Crippen LogP contribution in [0.2, 0.25) is 0 Å². The zero-order valence-corrected chi connectivity index (χ0v) is 17.2. The first kappa shape index (κ1) is 21.1. The van der Waals surface area contributed by atoms with Crippen molar-refractivity contribution in [2.45, 2.75) is 25.7 Å². The fraction of sp³-hybridized carbons (Fsp3) is 0.333. The predicted molar refractivity (Wildman–Crippen MR) is 115 cm³/mol. The number of nitriles is 2. The molecule has 0 aromatic heterocycles. The van der Waals surface area contributed by atoms with E-state index in [0.717, 1.165) is 0 Å². The maximum Gasteiger partial charge on any atom is 0.229 e. The number of rotatable bonds is 4. The van der Waals surface area contributed by atoms with Crippen LogP contribution in [0.5, 0.6) is 0 Å². The molecule has 0 aliphatic heterocycles. The molecule has 0 unspecified atom stereocenters. The topological polar surface area (TPSA) is 88.2 Å². The van der Waals surface area contributed by atoms with Gasteiger partial charge in [0.2, 0.25) is 11.8 Å². The van der Waals surface area contributed by atoms with E-state index in [2.05, 4.69) is 12.1 Å². The summed E-state index contributed by atoms with van der Waals surface area (Å²) in [5.41, 5.74) is 2.44. The molecular weight excluding hydrogens is 376 g/mol. The van der Waals surface area contributed by atoms with Crippen LogP contribution in [0.4, 0.5) is 11.4 Å². The van der Waals surface area contributed by atoms with E-state index in [1.165, 1.54) is 0 Å². The summed E-state index contributed by atoms with van der Waals surface area (Å²) in [7, 11) is 3.46. The Morgan fingerprint density at radius 1 is 0.767 bits per heavy atom. The minimum atomic E-state index is -0.128. The van der Waals surface area contributed by atoms with Gasteiger partial charge in [-0.2, -0.15) is 10.5 Å². The molecule has 1 saturated carbocycles. The highest BCUT2D eigenvalue weighted by atomic mass is 16.2. The van der Waals surface area contributed by atoms with Gasteiger partial charge in [0.25, 0.3) is 0 Å². The molecule has 0 atom stereocenters. The maximum atomic E-state index is 12.9. The molecule has 6 heteroatoms. The molecule has 6 nitrogen and oxygen atoms in total. The summed E-state index contributed by atoms with van der Waals surface area (Å²) in [5, 5.41) is 18.1. The van der Waals surface area contributed by atoms with Gasteiger partial charge in [-0.05, 0) is 62.1 Å².